The summed E-state index contributed by atoms with van der Waals surface area (Å²) in [7, 11) is 2.02. The molecule has 0 bridgehead atoms. The van der Waals surface area contributed by atoms with E-state index in [0.717, 1.165) is 17.3 Å². The molecule has 1 heterocycles. The van der Waals surface area contributed by atoms with E-state index >= 15 is 0 Å². The Morgan fingerprint density at radius 1 is 1.06 bits per heavy atom. The molecule has 0 saturated carbocycles. The first-order valence-corrected chi connectivity index (χ1v) is 10.4. The van der Waals surface area contributed by atoms with Gasteiger partial charge in [0.2, 0.25) is 0 Å². The van der Waals surface area contributed by atoms with E-state index in [1.807, 2.05) is 25.2 Å². The maximum absolute atomic E-state index is 14.5. The van der Waals surface area contributed by atoms with E-state index in [9.17, 15) is 4.39 Å². The second kappa shape index (κ2) is 10.7. The van der Waals surface area contributed by atoms with Crippen LogP contribution in [0.4, 0.5) is 4.39 Å². The topological polar surface area (TPSA) is 34.6 Å². The van der Waals surface area contributed by atoms with Gasteiger partial charge in [0.05, 0.1) is 16.2 Å². The Morgan fingerprint density at radius 2 is 1.81 bits per heavy atom. The van der Waals surface area contributed by atoms with Gasteiger partial charge in [-0.05, 0) is 46.0 Å². The third-order valence-electron chi connectivity index (χ3n) is 5.01. The van der Waals surface area contributed by atoms with Crippen molar-refractivity contribution in [2.24, 2.45) is 0 Å². The van der Waals surface area contributed by atoms with Crippen LogP contribution in [-0.2, 0) is 6.61 Å². The molecule has 31 heavy (non-hydrogen) atoms. The largest absolute Gasteiger partial charge is 0.491 e. The van der Waals surface area contributed by atoms with Crippen LogP contribution < -0.4 is 9.47 Å². The molecule has 8 heteroatoms. The molecule has 0 atom stereocenters. The molecule has 0 fully saturated rings. The molecular formula is C23H26Cl3FN2O2. The summed E-state index contributed by atoms with van der Waals surface area (Å²) in [5.74, 6) is 0.501. The van der Waals surface area contributed by atoms with Gasteiger partial charge in [-0.25, -0.2) is 4.39 Å². The Kier molecular flexibility index (Phi) is 8.78. The van der Waals surface area contributed by atoms with Crippen molar-refractivity contribution in [3.63, 3.8) is 0 Å². The molecule has 0 unspecified atom stereocenters. The lowest BCUT2D eigenvalue weighted by molar-refractivity contribution is 0.144. The van der Waals surface area contributed by atoms with E-state index in [0.29, 0.717) is 28.2 Å². The van der Waals surface area contributed by atoms with E-state index in [4.69, 9.17) is 32.7 Å². The van der Waals surface area contributed by atoms with Gasteiger partial charge in [-0.1, -0.05) is 35.3 Å². The summed E-state index contributed by atoms with van der Waals surface area (Å²) in [6.07, 6.45) is 1.51. The SMILES string of the molecule is CN(CCOc1cnc(COc2cccc3c(Cl)c(Cl)ccc23)c(F)c1)C(C)(C)C.Cl. The predicted octanol–water partition coefficient (Wildman–Crippen LogP) is 6.79. The van der Waals surface area contributed by atoms with Gasteiger partial charge in [0.15, 0.2) is 5.82 Å². The molecule has 168 valence electrons. The summed E-state index contributed by atoms with van der Waals surface area (Å²) in [4.78, 5) is 6.34. The van der Waals surface area contributed by atoms with Crippen LogP contribution in [0.5, 0.6) is 11.5 Å². The summed E-state index contributed by atoms with van der Waals surface area (Å²) in [5.41, 5.74) is 0.247. The molecule has 0 aliphatic rings. The average Bonchev–Trinajstić information content (AvgIpc) is 2.69. The Hall–Kier alpha value is -1.79. The summed E-state index contributed by atoms with van der Waals surface area (Å²) >= 11 is 12.3. The predicted molar refractivity (Wildman–Crippen MR) is 128 cm³/mol. The number of benzene rings is 2. The average molecular weight is 488 g/mol. The highest BCUT2D eigenvalue weighted by Crippen LogP contribution is 2.35. The molecule has 4 nitrogen and oxygen atoms in total. The summed E-state index contributed by atoms with van der Waals surface area (Å²) < 4.78 is 25.9. The maximum atomic E-state index is 14.5. The number of nitrogens with zero attached hydrogens (tertiary/aromatic N) is 2. The first-order chi connectivity index (χ1) is 14.2. The number of hydrogen-bond acceptors (Lipinski definition) is 4. The molecule has 0 spiro atoms. The molecule has 0 amide bonds. The van der Waals surface area contributed by atoms with Gasteiger partial charge in [0, 0.05) is 28.9 Å². The van der Waals surface area contributed by atoms with Crippen LogP contribution in [0.25, 0.3) is 10.8 Å². The highest BCUT2D eigenvalue weighted by Gasteiger charge is 2.16. The van der Waals surface area contributed by atoms with Gasteiger partial charge in [0.1, 0.15) is 30.4 Å². The quantitative estimate of drug-likeness (QED) is 0.367. The molecule has 0 aliphatic carbocycles. The van der Waals surface area contributed by atoms with Crippen LogP contribution in [0.3, 0.4) is 0 Å². The first kappa shape index (κ1) is 25.5. The lowest BCUT2D eigenvalue weighted by atomic mass is 10.1. The normalized spacial score (nSPS) is 11.5. The molecule has 1 aromatic heterocycles. The summed E-state index contributed by atoms with van der Waals surface area (Å²) in [6, 6.07) is 10.3. The summed E-state index contributed by atoms with van der Waals surface area (Å²) in [6.45, 7) is 7.54. The number of halogens is 4. The Balaban J connectivity index is 0.00000341. The standard InChI is InChI=1S/C23H25Cl2FN2O2.ClH/c1-23(2,3)28(4)10-11-29-15-12-19(26)20(27-13-15)14-30-21-7-5-6-17-16(21)8-9-18(24)22(17)25;/h5-9,12-13H,10-11,14H2,1-4H3;1H. The van der Waals surface area contributed by atoms with Crippen molar-refractivity contribution in [3.8, 4) is 11.5 Å². The van der Waals surface area contributed by atoms with Gasteiger partial charge in [-0.2, -0.15) is 0 Å². The number of aromatic nitrogens is 1. The molecule has 0 aliphatic heterocycles. The van der Waals surface area contributed by atoms with Gasteiger partial charge in [-0.3, -0.25) is 9.88 Å². The van der Waals surface area contributed by atoms with Crippen molar-refractivity contribution in [2.45, 2.75) is 32.9 Å². The van der Waals surface area contributed by atoms with Crippen molar-refractivity contribution in [2.75, 3.05) is 20.2 Å². The fraction of sp³-hybridized carbons (Fsp3) is 0.348. The van der Waals surface area contributed by atoms with E-state index in [1.165, 1.54) is 12.3 Å². The Bertz CT molecular complexity index is 1040. The number of pyridine rings is 1. The van der Waals surface area contributed by atoms with Crippen LogP contribution in [0.1, 0.15) is 26.5 Å². The lowest BCUT2D eigenvalue weighted by Crippen LogP contribution is -2.40. The lowest BCUT2D eigenvalue weighted by Gasteiger charge is -2.31. The molecule has 3 aromatic rings. The number of fused-ring (bicyclic) bond motifs is 1. The van der Waals surface area contributed by atoms with Crippen LogP contribution in [0.2, 0.25) is 10.0 Å². The molecule has 2 aromatic carbocycles. The first-order valence-electron chi connectivity index (χ1n) is 9.65. The van der Waals surface area contributed by atoms with Crippen molar-refractivity contribution in [3.05, 3.63) is 64.2 Å². The molecule has 0 saturated heterocycles. The zero-order valence-electron chi connectivity index (χ0n) is 17.9. The third kappa shape index (κ3) is 6.36. The number of likely N-dealkylation sites (N-methyl/N-ethyl adjacent to an activating group) is 1. The number of rotatable bonds is 7. The fourth-order valence-electron chi connectivity index (χ4n) is 2.81. The van der Waals surface area contributed by atoms with Crippen molar-refractivity contribution in [1.29, 1.82) is 0 Å². The van der Waals surface area contributed by atoms with Gasteiger partial charge < -0.3 is 9.47 Å². The second-order valence-electron chi connectivity index (χ2n) is 8.04. The van der Waals surface area contributed by atoms with Gasteiger partial charge in [0.25, 0.3) is 0 Å². The second-order valence-corrected chi connectivity index (χ2v) is 8.83. The van der Waals surface area contributed by atoms with Crippen LogP contribution in [0, 0.1) is 5.82 Å². The Morgan fingerprint density at radius 3 is 2.48 bits per heavy atom. The van der Waals surface area contributed by atoms with E-state index in [2.05, 4.69) is 30.7 Å². The minimum Gasteiger partial charge on any atom is -0.491 e. The third-order valence-corrected chi connectivity index (χ3v) is 5.82. The number of ether oxygens (including phenoxy) is 2. The zero-order chi connectivity index (χ0) is 21.9. The van der Waals surface area contributed by atoms with Gasteiger partial charge >= 0.3 is 0 Å². The molecule has 0 radical (unpaired) electrons. The highest BCUT2D eigenvalue weighted by molar-refractivity contribution is 6.45. The maximum Gasteiger partial charge on any atom is 0.151 e. The van der Waals surface area contributed by atoms with Gasteiger partial charge in [-0.15, -0.1) is 12.4 Å². The van der Waals surface area contributed by atoms with Crippen LogP contribution in [-0.4, -0.2) is 35.6 Å². The van der Waals surface area contributed by atoms with Crippen molar-refractivity contribution >= 4 is 46.4 Å². The smallest absolute Gasteiger partial charge is 0.151 e. The minimum atomic E-state index is -0.474. The highest BCUT2D eigenvalue weighted by atomic mass is 35.5. The van der Waals surface area contributed by atoms with Crippen molar-refractivity contribution in [1.82, 2.24) is 9.88 Å². The zero-order valence-corrected chi connectivity index (χ0v) is 20.2. The van der Waals surface area contributed by atoms with E-state index < -0.39 is 5.82 Å². The molecule has 0 N–H and O–H groups in total. The minimum absolute atomic E-state index is 0. The summed E-state index contributed by atoms with van der Waals surface area (Å²) in [5, 5.41) is 2.51. The van der Waals surface area contributed by atoms with Crippen LogP contribution in [0.15, 0.2) is 42.6 Å². The van der Waals surface area contributed by atoms with Crippen LogP contribution >= 0.6 is 35.6 Å². The number of hydrogen-bond donors (Lipinski definition) is 0. The Labute approximate surface area is 198 Å². The van der Waals surface area contributed by atoms with E-state index in [-0.39, 0.29) is 30.2 Å². The van der Waals surface area contributed by atoms with Crippen molar-refractivity contribution < 1.29 is 13.9 Å². The molecular weight excluding hydrogens is 462 g/mol. The molecule has 3 rings (SSSR count). The fourth-order valence-corrected chi connectivity index (χ4v) is 3.20. The monoisotopic (exact) mass is 486 g/mol. The van der Waals surface area contributed by atoms with E-state index in [1.54, 1.807) is 12.1 Å².